The number of hydrogen-bond acceptors (Lipinski definition) is 5. The summed E-state index contributed by atoms with van der Waals surface area (Å²) < 4.78 is 41.4. The van der Waals surface area contributed by atoms with Crippen molar-refractivity contribution in [2.45, 2.75) is 90.7 Å². The SMILES string of the molecule is CCOCCC(C)(C)CC(C)(C)NC(=O)COC1CCc2nnn(C)c2C(F)(F)CC1. The van der Waals surface area contributed by atoms with E-state index < -0.39 is 17.6 Å². The molecule has 0 fully saturated rings. The van der Waals surface area contributed by atoms with Crippen LogP contribution >= 0.6 is 0 Å². The number of ether oxygens (including phenoxy) is 2. The van der Waals surface area contributed by atoms with Gasteiger partial charge in [0, 0.05) is 32.2 Å². The van der Waals surface area contributed by atoms with Crippen molar-refractivity contribution < 1.29 is 23.0 Å². The van der Waals surface area contributed by atoms with Gasteiger partial charge in [0.25, 0.3) is 5.92 Å². The highest BCUT2D eigenvalue weighted by molar-refractivity contribution is 5.78. The molecular formula is C22H38F2N4O3. The molecule has 1 N–H and O–H groups in total. The molecule has 7 nitrogen and oxygen atoms in total. The number of halogens is 2. The molecule has 0 saturated heterocycles. The molecule has 0 saturated carbocycles. The van der Waals surface area contributed by atoms with E-state index in [0.29, 0.717) is 31.7 Å². The molecule has 1 unspecified atom stereocenters. The number of nitrogens with one attached hydrogen (secondary N) is 1. The number of aryl methyl sites for hydroxylation is 2. The third kappa shape index (κ3) is 7.79. The number of alkyl halides is 2. The third-order valence-corrected chi connectivity index (χ3v) is 5.70. The number of fused-ring (bicyclic) bond motifs is 1. The molecule has 0 spiro atoms. The maximum Gasteiger partial charge on any atom is 0.291 e. The molecule has 1 aliphatic rings. The number of nitrogens with zero attached hydrogens (tertiary/aromatic N) is 3. The molecule has 0 aliphatic heterocycles. The van der Waals surface area contributed by atoms with E-state index >= 15 is 0 Å². The number of aromatic nitrogens is 3. The number of carbonyl (C=O) groups is 1. The Hall–Kier alpha value is -1.61. The predicted octanol–water partition coefficient (Wildman–Crippen LogP) is 3.76. The van der Waals surface area contributed by atoms with E-state index in [-0.39, 0.29) is 36.5 Å². The second kappa shape index (κ2) is 10.3. The van der Waals surface area contributed by atoms with Gasteiger partial charge in [0.15, 0.2) is 0 Å². The normalized spacial score (nSPS) is 19.4. The summed E-state index contributed by atoms with van der Waals surface area (Å²) >= 11 is 0. The van der Waals surface area contributed by atoms with Crippen LogP contribution in [0, 0.1) is 5.41 Å². The molecule has 178 valence electrons. The molecule has 1 atom stereocenters. The Labute approximate surface area is 184 Å². The van der Waals surface area contributed by atoms with E-state index in [9.17, 15) is 13.6 Å². The van der Waals surface area contributed by atoms with Crippen LogP contribution in [0.5, 0.6) is 0 Å². The summed E-state index contributed by atoms with van der Waals surface area (Å²) in [5.74, 6) is -3.24. The lowest BCUT2D eigenvalue weighted by molar-refractivity contribution is -0.130. The largest absolute Gasteiger partial charge is 0.382 e. The second-order valence-corrected chi connectivity index (χ2v) is 9.94. The molecular weight excluding hydrogens is 406 g/mol. The molecule has 9 heteroatoms. The van der Waals surface area contributed by atoms with Gasteiger partial charge in [0.05, 0.1) is 11.8 Å². The van der Waals surface area contributed by atoms with Gasteiger partial charge in [-0.05, 0) is 58.3 Å². The maximum atomic E-state index is 14.6. The molecule has 0 bridgehead atoms. The van der Waals surface area contributed by atoms with E-state index in [2.05, 4.69) is 29.5 Å². The topological polar surface area (TPSA) is 78.3 Å². The highest BCUT2D eigenvalue weighted by atomic mass is 19.3. The van der Waals surface area contributed by atoms with Crippen LogP contribution in [-0.4, -0.2) is 52.4 Å². The van der Waals surface area contributed by atoms with Crippen LogP contribution in [0.25, 0.3) is 0 Å². The Morgan fingerprint density at radius 2 is 2.00 bits per heavy atom. The summed E-state index contributed by atoms with van der Waals surface area (Å²) in [4.78, 5) is 12.5. The first kappa shape index (κ1) is 25.6. The number of carbonyl (C=O) groups excluding carboxylic acids is 1. The number of amides is 1. The molecule has 0 aromatic carbocycles. The first-order chi connectivity index (χ1) is 14.4. The highest BCUT2D eigenvalue weighted by Crippen LogP contribution is 2.37. The van der Waals surface area contributed by atoms with Crippen molar-refractivity contribution >= 4 is 5.91 Å². The molecule has 1 aliphatic carbocycles. The summed E-state index contributed by atoms with van der Waals surface area (Å²) in [6.45, 7) is 11.5. The Balaban J connectivity index is 1.85. The van der Waals surface area contributed by atoms with Crippen molar-refractivity contribution in [3.63, 3.8) is 0 Å². The lowest BCUT2D eigenvalue weighted by Crippen LogP contribution is -2.48. The van der Waals surface area contributed by atoms with Crippen molar-refractivity contribution in [3.8, 4) is 0 Å². The average Bonchev–Trinajstić information content (AvgIpc) is 2.99. The zero-order chi connectivity index (χ0) is 23.3. The molecule has 0 radical (unpaired) electrons. The summed E-state index contributed by atoms with van der Waals surface area (Å²) in [6, 6.07) is 0. The summed E-state index contributed by atoms with van der Waals surface area (Å²) in [6.07, 6.45) is 1.97. The maximum absolute atomic E-state index is 14.6. The predicted molar refractivity (Wildman–Crippen MR) is 114 cm³/mol. The minimum Gasteiger partial charge on any atom is -0.382 e. The van der Waals surface area contributed by atoms with Gasteiger partial charge in [-0.1, -0.05) is 19.1 Å². The van der Waals surface area contributed by atoms with Gasteiger partial charge in [-0.15, -0.1) is 5.10 Å². The zero-order valence-electron chi connectivity index (χ0n) is 19.8. The minimum absolute atomic E-state index is 0.00630. The summed E-state index contributed by atoms with van der Waals surface area (Å²) in [7, 11) is 1.49. The van der Waals surface area contributed by atoms with Crippen molar-refractivity contribution in [2.75, 3.05) is 19.8 Å². The van der Waals surface area contributed by atoms with E-state index in [1.165, 1.54) is 7.05 Å². The van der Waals surface area contributed by atoms with Gasteiger partial charge in [0.2, 0.25) is 5.91 Å². The quantitative estimate of drug-likeness (QED) is 0.556. The van der Waals surface area contributed by atoms with Crippen LogP contribution in [0.1, 0.15) is 78.1 Å². The Bertz CT molecular complexity index is 734. The third-order valence-electron chi connectivity index (χ3n) is 5.70. The first-order valence-corrected chi connectivity index (χ1v) is 11.1. The molecule has 1 heterocycles. The smallest absolute Gasteiger partial charge is 0.291 e. The van der Waals surface area contributed by atoms with E-state index in [1.54, 1.807) is 0 Å². The summed E-state index contributed by atoms with van der Waals surface area (Å²) in [5.41, 5.74) is -0.219. The van der Waals surface area contributed by atoms with Gasteiger partial charge < -0.3 is 14.8 Å². The van der Waals surface area contributed by atoms with Crippen LogP contribution < -0.4 is 5.32 Å². The fourth-order valence-electron chi connectivity index (χ4n) is 4.51. The van der Waals surface area contributed by atoms with Gasteiger partial charge in [0.1, 0.15) is 12.3 Å². The van der Waals surface area contributed by atoms with E-state index in [0.717, 1.165) is 17.5 Å². The summed E-state index contributed by atoms with van der Waals surface area (Å²) in [5, 5.41) is 10.7. The number of hydrogen-bond donors (Lipinski definition) is 1. The van der Waals surface area contributed by atoms with E-state index in [4.69, 9.17) is 9.47 Å². The van der Waals surface area contributed by atoms with Crippen molar-refractivity contribution in [3.05, 3.63) is 11.4 Å². The standard InChI is InChI=1S/C22H38F2N4O3/c1-7-30-13-12-20(2,3)15-21(4,5)25-18(29)14-31-16-8-9-17-19(28(6)27-26-17)22(23,24)11-10-16/h16H,7-15H2,1-6H3,(H,25,29). The zero-order valence-corrected chi connectivity index (χ0v) is 19.8. The monoisotopic (exact) mass is 444 g/mol. The fourth-order valence-corrected chi connectivity index (χ4v) is 4.51. The van der Waals surface area contributed by atoms with Crippen LogP contribution in [0.2, 0.25) is 0 Å². The van der Waals surface area contributed by atoms with Gasteiger partial charge in [-0.25, -0.2) is 4.68 Å². The second-order valence-electron chi connectivity index (χ2n) is 9.94. The van der Waals surface area contributed by atoms with E-state index in [1.807, 2.05) is 20.8 Å². The Morgan fingerprint density at radius 1 is 1.29 bits per heavy atom. The minimum atomic E-state index is -3.01. The van der Waals surface area contributed by atoms with Crippen LogP contribution in [0.15, 0.2) is 0 Å². The molecule has 2 rings (SSSR count). The fraction of sp³-hybridized carbons (Fsp3) is 0.864. The lowest BCUT2D eigenvalue weighted by atomic mass is 9.78. The van der Waals surface area contributed by atoms with Crippen molar-refractivity contribution in [1.82, 2.24) is 20.3 Å². The van der Waals surface area contributed by atoms with Crippen LogP contribution in [-0.2, 0) is 33.7 Å². The van der Waals surface area contributed by atoms with Gasteiger partial charge >= 0.3 is 0 Å². The van der Waals surface area contributed by atoms with Crippen LogP contribution in [0.3, 0.4) is 0 Å². The first-order valence-electron chi connectivity index (χ1n) is 11.1. The van der Waals surface area contributed by atoms with Crippen molar-refractivity contribution in [1.29, 1.82) is 0 Å². The Morgan fingerprint density at radius 3 is 2.68 bits per heavy atom. The van der Waals surface area contributed by atoms with Gasteiger partial charge in [-0.2, -0.15) is 8.78 Å². The molecule has 1 aromatic rings. The molecule has 31 heavy (non-hydrogen) atoms. The highest BCUT2D eigenvalue weighted by Gasteiger charge is 2.40. The Kier molecular flexibility index (Phi) is 8.55. The lowest BCUT2D eigenvalue weighted by Gasteiger charge is -2.36. The molecule has 1 aromatic heterocycles. The molecule has 1 amide bonds. The van der Waals surface area contributed by atoms with Gasteiger partial charge in [-0.3, -0.25) is 4.79 Å². The number of rotatable bonds is 10. The van der Waals surface area contributed by atoms with Crippen LogP contribution in [0.4, 0.5) is 8.78 Å². The average molecular weight is 445 g/mol. The van der Waals surface area contributed by atoms with Crippen molar-refractivity contribution in [2.24, 2.45) is 12.5 Å².